The quantitative estimate of drug-likeness (QED) is 0.484. The Morgan fingerprint density at radius 2 is 2.05 bits per heavy atom. The number of nitro benzene ring substituents is 1. The first-order valence-electron chi connectivity index (χ1n) is 6.31. The molecule has 0 aromatic heterocycles. The van der Waals surface area contributed by atoms with Gasteiger partial charge in [0.2, 0.25) is 0 Å². The van der Waals surface area contributed by atoms with E-state index < -0.39 is 22.7 Å². The number of non-ortho nitro benzene ring substituents is 1. The van der Waals surface area contributed by atoms with Crippen LogP contribution >= 0.6 is 0 Å². The molecule has 0 radical (unpaired) electrons. The Morgan fingerprint density at radius 1 is 1.43 bits per heavy atom. The average molecular weight is 294 g/mol. The van der Waals surface area contributed by atoms with Crippen LogP contribution < -0.4 is 0 Å². The SMILES string of the molecule is CN(C(=O)OC(C)(C)C)C(C=O)c1cccc([N+](=O)[O-])c1. The highest BCUT2D eigenvalue weighted by atomic mass is 16.6. The molecule has 1 rings (SSSR count). The molecule has 1 aromatic rings. The molecule has 1 amide bonds. The molecule has 7 heteroatoms. The largest absolute Gasteiger partial charge is 0.444 e. The molecule has 0 fully saturated rings. The maximum Gasteiger partial charge on any atom is 0.410 e. The third-order valence-electron chi connectivity index (χ3n) is 2.65. The number of aldehydes is 1. The number of carbonyl (C=O) groups excluding carboxylic acids is 2. The normalized spacial score (nSPS) is 12.4. The number of likely N-dealkylation sites (N-methyl/N-ethyl adjacent to an activating group) is 1. The van der Waals surface area contributed by atoms with Crippen molar-refractivity contribution in [1.29, 1.82) is 0 Å². The van der Waals surface area contributed by atoms with Gasteiger partial charge in [0.15, 0.2) is 0 Å². The number of carbonyl (C=O) groups is 2. The van der Waals surface area contributed by atoms with Crippen molar-refractivity contribution >= 4 is 18.1 Å². The zero-order valence-electron chi connectivity index (χ0n) is 12.4. The van der Waals surface area contributed by atoms with E-state index >= 15 is 0 Å². The van der Waals surface area contributed by atoms with Crippen molar-refractivity contribution in [3.8, 4) is 0 Å². The van der Waals surface area contributed by atoms with Crippen molar-refractivity contribution in [1.82, 2.24) is 4.90 Å². The van der Waals surface area contributed by atoms with Gasteiger partial charge in [-0.25, -0.2) is 4.79 Å². The summed E-state index contributed by atoms with van der Waals surface area (Å²) in [6.07, 6.45) is -0.130. The van der Waals surface area contributed by atoms with Gasteiger partial charge in [-0.15, -0.1) is 0 Å². The molecule has 7 nitrogen and oxygen atoms in total. The maximum absolute atomic E-state index is 12.0. The predicted molar refractivity (Wildman–Crippen MR) is 75.9 cm³/mol. The second-order valence-electron chi connectivity index (χ2n) is 5.52. The summed E-state index contributed by atoms with van der Waals surface area (Å²) in [6.45, 7) is 5.13. The van der Waals surface area contributed by atoms with E-state index in [9.17, 15) is 19.7 Å². The summed E-state index contributed by atoms with van der Waals surface area (Å²) in [5.41, 5.74) is -0.480. The summed E-state index contributed by atoms with van der Waals surface area (Å²) in [5.74, 6) is 0. The second-order valence-corrected chi connectivity index (χ2v) is 5.52. The van der Waals surface area contributed by atoms with E-state index in [4.69, 9.17) is 4.74 Å². The van der Waals surface area contributed by atoms with Crippen molar-refractivity contribution < 1.29 is 19.2 Å². The van der Waals surface area contributed by atoms with E-state index in [1.54, 1.807) is 26.8 Å². The molecule has 21 heavy (non-hydrogen) atoms. The molecule has 114 valence electrons. The first-order chi connectivity index (χ1) is 9.65. The predicted octanol–water partition coefficient (Wildman–Crippen LogP) is 2.70. The summed E-state index contributed by atoms with van der Waals surface area (Å²) < 4.78 is 5.18. The topological polar surface area (TPSA) is 89.8 Å². The van der Waals surface area contributed by atoms with Crippen LogP contribution in [0.3, 0.4) is 0 Å². The highest BCUT2D eigenvalue weighted by Gasteiger charge is 2.27. The van der Waals surface area contributed by atoms with Gasteiger partial charge in [-0.2, -0.15) is 0 Å². The Hall–Kier alpha value is -2.44. The lowest BCUT2D eigenvalue weighted by molar-refractivity contribution is -0.384. The maximum atomic E-state index is 12.0. The number of rotatable bonds is 4. The van der Waals surface area contributed by atoms with Crippen molar-refractivity contribution in [3.05, 3.63) is 39.9 Å². The van der Waals surface area contributed by atoms with Gasteiger partial charge in [0.1, 0.15) is 17.9 Å². The van der Waals surface area contributed by atoms with Crippen LogP contribution in [0.4, 0.5) is 10.5 Å². The number of hydrogen-bond acceptors (Lipinski definition) is 5. The molecule has 1 aromatic carbocycles. The van der Waals surface area contributed by atoms with Crippen LogP contribution in [0, 0.1) is 10.1 Å². The lowest BCUT2D eigenvalue weighted by Gasteiger charge is -2.28. The first-order valence-corrected chi connectivity index (χ1v) is 6.31. The minimum atomic E-state index is -0.945. The molecule has 0 aliphatic carbocycles. The van der Waals surface area contributed by atoms with E-state index in [1.165, 1.54) is 25.2 Å². The lowest BCUT2D eigenvalue weighted by atomic mass is 10.1. The fraction of sp³-hybridized carbons (Fsp3) is 0.429. The summed E-state index contributed by atoms with van der Waals surface area (Å²) >= 11 is 0. The molecule has 0 bridgehead atoms. The molecular formula is C14H18N2O5. The molecule has 0 spiro atoms. The molecule has 0 heterocycles. The van der Waals surface area contributed by atoms with Gasteiger partial charge in [-0.05, 0) is 26.3 Å². The molecule has 1 unspecified atom stereocenters. The van der Waals surface area contributed by atoms with E-state index in [-0.39, 0.29) is 5.69 Å². The highest BCUT2D eigenvalue weighted by Crippen LogP contribution is 2.23. The third-order valence-corrected chi connectivity index (χ3v) is 2.65. The molecule has 0 aliphatic rings. The summed E-state index contributed by atoms with van der Waals surface area (Å²) in [4.78, 5) is 34.6. The Kier molecular flexibility index (Phi) is 5.02. The smallest absolute Gasteiger partial charge is 0.410 e. The Morgan fingerprint density at radius 3 is 2.52 bits per heavy atom. The average Bonchev–Trinajstić information content (AvgIpc) is 2.37. The first kappa shape index (κ1) is 16.6. The molecular weight excluding hydrogens is 276 g/mol. The summed E-state index contributed by atoms with van der Waals surface area (Å²) in [7, 11) is 1.41. The van der Waals surface area contributed by atoms with Gasteiger partial charge in [-0.1, -0.05) is 12.1 Å². The van der Waals surface area contributed by atoms with E-state index in [0.29, 0.717) is 11.8 Å². The number of nitrogens with zero attached hydrogens (tertiary/aromatic N) is 2. The monoisotopic (exact) mass is 294 g/mol. The van der Waals surface area contributed by atoms with E-state index in [0.717, 1.165) is 4.90 Å². The summed E-state index contributed by atoms with van der Waals surface area (Å²) in [6, 6.07) is 4.65. The van der Waals surface area contributed by atoms with E-state index in [1.807, 2.05) is 0 Å². The van der Waals surface area contributed by atoms with Gasteiger partial charge in [0.05, 0.1) is 4.92 Å². The number of amides is 1. The molecule has 0 aliphatic heterocycles. The minimum Gasteiger partial charge on any atom is -0.444 e. The number of nitro groups is 1. The minimum absolute atomic E-state index is 0.142. The fourth-order valence-electron chi connectivity index (χ4n) is 1.66. The molecule has 0 N–H and O–H groups in total. The van der Waals surface area contributed by atoms with Gasteiger partial charge in [-0.3, -0.25) is 15.0 Å². The molecule has 1 atom stereocenters. The Balaban J connectivity index is 3.02. The zero-order valence-corrected chi connectivity index (χ0v) is 12.4. The van der Waals surface area contributed by atoms with Crippen molar-refractivity contribution in [3.63, 3.8) is 0 Å². The van der Waals surface area contributed by atoms with Crippen LogP contribution in [0.5, 0.6) is 0 Å². The van der Waals surface area contributed by atoms with Crippen LogP contribution in [0.15, 0.2) is 24.3 Å². The van der Waals surface area contributed by atoms with Crippen LogP contribution in [-0.2, 0) is 9.53 Å². The van der Waals surface area contributed by atoms with E-state index in [2.05, 4.69) is 0 Å². The number of ether oxygens (including phenoxy) is 1. The van der Waals surface area contributed by atoms with Gasteiger partial charge >= 0.3 is 6.09 Å². The van der Waals surface area contributed by atoms with Crippen LogP contribution in [0.25, 0.3) is 0 Å². The van der Waals surface area contributed by atoms with Crippen LogP contribution in [0.2, 0.25) is 0 Å². The fourth-order valence-corrected chi connectivity index (χ4v) is 1.66. The number of hydrogen-bond donors (Lipinski definition) is 0. The van der Waals surface area contributed by atoms with Crippen LogP contribution in [0.1, 0.15) is 32.4 Å². The second kappa shape index (κ2) is 6.34. The summed E-state index contributed by atoms with van der Waals surface area (Å²) in [5, 5.41) is 10.8. The van der Waals surface area contributed by atoms with Crippen molar-refractivity contribution in [2.45, 2.75) is 32.4 Å². The van der Waals surface area contributed by atoms with Gasteiger partial charge < -0.3 is 9.53 Å². The molecule has 0 saturated heterocycles. The Bertz CT molecular complexity index is 551. The highest BCUT2D eigenvalue weighted by molar-refractivity contribution is 5.74. The van der Waals surface area contributed by atoms with Gasteiger partial charge in [0, 0.05) is 19.2 Å². The van der Waals surface area contributed by atoms with Crippen LogP contribution in [-0.4, -0.2) is 34.9 Å². The standard InChI is InChI=1S/C14H18N2O5/c1-14(2,3)21-13(18)15(4)12(9-17)10-6-5-7-11(8-10)16(19)20/h5-9,12H,1-4H3. The molecule has 0 saturated carbocycles. The zero-order chi connectivity index (χ0) is 16.2. The van der Waals surface area contributed by atoms with Gasteiger partial charge in [0.25, 0.3) is 5.69 Å². The number of benzene rings is 1. The Labute approximate surface area is 122 Å². The van der Waals surface area contributed by atoms with Crippen molar-refractivity contribution in [2.75, 3.05) is 7.05 Å². The lowest BCUT2D eigenvalue weighted by Crippen LogP contribution is -2.37. The van der Waals surface area contributed by atoms with Crippen molar-refractivity contribution in [2.24, 2.45) is 0 Å². The third kappa shape index (κ3) is 4.55.